The van der Waals surface area contributed by atoms with Gasteiger partial charge in [-0.05, 0) is 26.7 Å². The van der Waals surface area contributed by atoms with Crippen molar-refractivity contribution in [2.75, 3.05) is 12.3 Å². The Kier molecular flexibility index (Phi) is 5.07. The summed E-state index contributed by atoms with van der Waals surface area (Å²) in [4.78, 5) is 29.6. The second-order valence-corrected chi connectivity index (χ2v) is 4.95. The van der Waals surface area contributed by atoms with Crippen LogP contribution >= 0.6 is 0 Å². The largest absolute Gasteiger partial charge is 0.476 e. The number of amides is 1. The van der Waals surface area contributed by atoms with E-state index in [1.165, 1.54) is 6.20 Å². The zero-order chi connectivity index (χ0) is 16.0. The highest BCUT2D eigenvalue weighted by molar-refractivity contribution is 5.90. The number of nitrogens with zero attached hydrogens (tertiary/aromatic N) is 2. The van der Waals surface area contributed by atoms with Crippen molar-refractivity contribution in [1.82, 2.24) is 15.3 Å². The highest BCUT2D eigenvalue weighted by Crippen LogP contribution is 2.06. The minimum absolute atomic E-state index is 0.0311. The van der Waals surface area contributed by atoms with E-state index in [2.05, 4.69) is 27.1 Å². The molecule has 0 bridgehead atoms. The molecule has 8 nitrogen and oxygen atoms in total. The Bertz CT molecular complexity index is 611. The van der Waals surface area contributed by atoms with Crippen LogP contribution in [0.3, 0.4) is 0 Å². The van der Waals surface area contributed by atoms with Crippen LogP contribution in [0.15, 0.2) is 6.20 Å². The number of rotatable bonds is 2. The number of aromatic nitrogens is 2. The molecular formula is C13H16N4O4. The van der Waals surface area contributed by atoms with Crippen LogP contribution in [0.4, 0.5) is 10.6 Å². The summed E-state index contributed by atoms with van der Waals surface area (Å²) in [6.45, 7) is 5.27. The van der Waals surface area contributed by atoms with Crippen LogP contribution in [0, 0.1) is 11.8 Å². The molecule has 1 aromatic heterocycles. The first-order valence-electron chi connectivity index (χ1n) is 6.00. The van der Waals surface area contributed by atoms with Gasteiger partial charge in [0.25, 0.3) is 0 Å². The van der Waals surface area contributed by atoms with Gasteiger partial charge in [0, 0.05) is 0 Å². The van der Waals surface area contributed by atoms with Crippen molar-refractivity contribution in [3.05, 3.63) is 17.6 Å². The maximum absolute atomic E-state index is 11.3. The summed E-state index contributed by atoms with van der Waals surface area (Å²) in [5.41, 5.74) is 4.57. The molecular weight excluding hydrogens is 276 g/mol. The second kappa shape index (κ2) is 6.56. The van der Waals surface area contributed by atoms with Crippen molar-refractivity contribution < 1.29 is 19.4 Å². The van der Waals surface area contributed by atoms with E-state index in [1.807, 2.05) is 0 Å². The summed E-state index contributed by atoms with van der Waals surface area (Å²) in [5.74, 6) is 3.72. The molecule has 21 heavy (non-hydrogen) atoms. The Morgan fingerprint density at radius 3 is 2.71 bits per heavy atom. The summed E-state index contributed by atoms with van der Waals surface area (Å²) >= 11 is 0. The van der Waals surface area contributed by atoms with Crippen LogP contribution in [-0.4, -0.2) is 39.3 Å². The number of nitrogens with one attached hydrogen (secondary N) is 1. The molecule has 0 aliphatic rings. The van der Waals surface area contributed by atoms with Gasteiger partial charge in [-0.3, -0.25) is 0 Å². The molecule has 0 unspecified atom stereocenters. The number of alkyl carbamates (subject to hydrolysis) is 1. The number of carbonyl (C=O) groups excluding carboxylic acids is 1. The van der Waals surface area contributed by atoms with Crippen LogP contribution < -0.4 is 11.1 Å². The normalized spacial score (nSPS) is 10.2. The van der Waals surface area contributed by atoms with Crippen LogP contribution in [0.2, 0.25) is 0 Å². The summed E-state index contributed by atoms with van der Waals surface area (Å²) in [6.07, 6.45) is 0.661. The van der Waals surface area contributed by atoms with E-state index in [0.29, 0.717) is 0 Å². The molecule has 0 radical (unpaired) electrons. The minimum Gasteiger partial charge on any atom is -0.476 e. The van der Waals surface area contributed by atoms with Crippen LogP contribution in [-0.2, 0) is 4.74 Å². The van der Waals surface area contributed by atoms with E-state index in [1.54, 1.807) is 20.8 Å². The topological polar surface area (TPSA) is 127 Å². The number of carboxylic acid groups (broad SMARTS) is 1. The molecule has 0 saturated heterocycles. The lowest BCUT2D eigenvalue weighted by atomic mass is 10.2. The molecule has 8 heteroatoms. The van der Waals surface area contributed by atoms with Crippen molar-refractivity contribution >= 4 is 17.9 Å². The van der Waals surface area contributed by atoms with Gasteiger partial charge in [0.15, 0.2) is 11.5 Å². The molecule has 0 aliphatic carbocycles. The average Bonchev–Trinajstić information content (AvgIpc) is 2.34. The Morgan fingerprint density at radius 2 is 2.14 bits per heavy atom. The third kappa shape index (κ3) is 5.78. The van der Waals surface area contributed by atoms with Crippen LogP contribution in [0.5, 0.6) is 0 Å². The smallest absolute Gasteiger partial charge is 0.408 e. The van der Waals surface area contributed by atoms with E-state index in [0.717, 1.165) is 0 Å². The molecule has 112 valence electrons. The van der Waals surface area contributed by atoms with Gasteiger partial charge in [-0.1, -0.05) is 5.92 Å². The SMILES string of the molecule is CC(C)(C)OC(=O)NCC#Cc1cnc(N)c(C(=O)O)n1. The number of nitrogen functional groups attached to an aromatic ring is 1. The lowest BCUT2D eigenvalue weighted by molar-refractivity contribution is 0.0534. The fraction of sp³-hybridized carbons (Fsp3) is 0.385. The Hall–Kier alpha value is -2.82. The Labute approximate surface area is 121 Å². The fourth-order valence-corrected chi connectivity index (χ4v) is 1.18. The zero-order valence-corrected chi connectivity index (χ0v) is 11.9. The first-order chi connectivity index (χ1) is 9.69. The van der Waals surface area contributed by atoms with Gasteiger partial charge in [-0.2, -0.15) is 0 Å². The average molecular weight is 292 g/mol. The highest BCUT2D eigenvalue weighted by atomic mass is 16.6. The number of carboxylic acids is 1. The fourth-order valence-electron chi connectivity index (χ4n) is 1.18. The maximum atomic E-state index is 11.3. The van der Waals surface area contributed by atoms with Gasteiger partial charge in [0.05, 0.1) is 12.7 Å². The van der Waals surface area contributed by atoms with E-state index in [-0.39, 0.29) is 23.8 Å². The Morgan fingerprint density at radius 1 is 1.48 bits per heavy atom. The quantitative estimate of drug-likeness (QED) is 0.682. The summed E-state index contributed by atoms with van der Waals surface area (Å²) in [7, 11) is 0. The molecule has 0 aliphatic heterocycles. The van der Waals surface area contributed by atoms with Gasteiger partial charge < -0.3 is 20.9 Å². The number of aromatic carboxylic acids is 1. The summed E-state index contributed by atoms with van der Waals surface area (Å²) in [5, 5.41) is 11.3. The molecule has 1 heterocycles. The number of nitrogens with two attached hydrogens (primary N) is 1. The molecule has 1 rings (SSSR count). The van der Waals surface area contributed by atoms with Crippen LogP contribution in [0.25, 0.3) is 0 Å². The standard InChI is InChI=1S/C13H16N4O4/c1-13(2,3)21-12(20)15-6-4-5-8-7-16-10(14)9(17-8)11(18)19/h7H,6H2,1-3H3,(H2,14,16)(H,15,20)(H,18,19). The number of ether oxygens (including phenoxy) is 1. The Balaban J connectivity index is 2.62. The number of hydrogen-bond acceptors (Lipinski definition) is 6. The number of carbonyl (C=O) groups is 2. The van der Waals surface area contributed by atoms with Gasteiger partial charge >= 0.3 is 12.1 Å². The zero-order valence-electron chi connectivity index (χ0n) is 11.9. The predicted octanol–water partition coefficient (Wildman–Crippen LogP) is 0.633. The van der Waals surface area contributed by atoms with Crippen molar-refractivity contribution in [2.45, 2.75) is 26.4 Å². The number of hydrogen-bond donors (Lipinski definition) is 3. The van der Waals surface area contributed by atoms with Crippen molar-refractivity contribution in [3.8, 4) is 11.8 Å². The molecule has 4 N–H and O–H groups in total. The van der Waals surface area contributed by atoms with Crippen molar-refractivity contribution in [1.29, 1.82) is 0 Å². The lowest BCUT2D eigenvalue weighted by Gasteiger charge is -2.18. The molecule has 0 aromatic carbocycles. The highest BCUT2D eigenvalue weighted by Gasteiger charge is 2.15. The number of anilines is 1. The van der Waals surface area contributed by atoms with E-state index >= 15 is 0 Å². The first-order valence-corrected chi connectivity index (χ1v) is 6.00. The van der Waals surface area contributed by atoms with Crippen LogP contribution in [0.1, 0.15) is 37.0 Å². The molecule has 1 aromatic rings. The van der Waals surface area contributed by atoms with E-state index in [9.17, 15) is 9.59 Å². The van der Waals surface area contributed by atoms with Crippen molar-refractivity contribution in [2.24, 2.45) is 0 Å². The second-order valence-electron chi connectivity index (χ2n) is 4.95. The van der Waals surface area contributed by atoms with Gasteiger partial charge in [0.1, 0.15) is 11.3 Å². The molecule has 0 saturated carbocycles. The lowest BCUT2D eigenvalue weighted by Crippen LogP contribution is -2.32. The summed E-state index contributed by atoms with van der Waals surface area (Å²) in [6, 6.07) is 0. The van der Waals surface area contributed by atoms with Gasteiger partial charge in [-0.15, -0.1) is 0 Å². The van der Waals surface area contributed by atoms with Gasteiger partial charge in [-0.25, -0.2) is 19.6 Å². The van der Waals surface area contributed by atoms with Gasteiger partial charge in [0.2, 0.25) is 0 Å². The molecule has 0 spiro atoms. The predicted molar refractivity (Wildman–Crippen MR) is 74.5 cm³/mol. The maximum Gasteiger partial charge on any atom is 0.408 e. The van der Waals surface area contributed by atoms with Crippen molar-refractivity contribution in [3.63, 3.8) is 0 Å². The monoisotopic (exact) mass is 292 g/mol. The summed E-state index contributed by atoms with van der Waals surface area (Å²) < 4.78 is 5.02. The third-order valence-electron chi connectivity index (χ3n) is 1.94. The first kappa shape index (κ1) is 16.2. The van der Waals surface area contributed by atoms with E-state index < -0.39 is 17.7 Å². The molecule has 1 amide bonds. The molecule has 0 atom stereocenters. The molecule has 0 fully saturated rings. The third-order valence-corrected chi connectivity index (χ3v) is 1.94. The minimum atomic E-state index is -1.28. The van der Waals surface area contributed by atoms with E-state index in [4.69, 9.17) is 15.6 Å².